The van der Waals surface area contributed by atoms with Crippen molar-refractivity contribution in [2.24, 2.45) is 11.8 Å². The first kappa shape index (κ1) is 22.9. The van der Waals surface area contributed by atoms with E-state index in [0.29, 0.717) is 25.7 Å². The summed E-state index contributed by atoms with van der Waals surface area (Å²) < 4.78 is 79.4. The van der Waals surface area contributed by atoms with Crippen LogP contribution in [0.5, 0.6) is 0 Å². The summed E-state index contributed by atoms with van der Waals surface area (Å²) in [6.45, 7) is 1.79. The molecule has 2 saturated carbocycles. The highest BCUT2D eigenvalue weighted by atomic mass is 32.2. The second-order valence-corrected chi connectivity index (χ2v) is 9.29. The van der Waals surface area contributed by atoms with Gasteiger partial charge in [-0.15, -0.1) is 0 Å². The molecule has 0 amide bonds. The highest BCUT2D eigenvalue weighted by molar-refractivity contribution is 7.85. The molecular formula is C17H25F3O7S. The first-order chi connectivity index (χ1) is 12.8. The van der Waals surface area contributed by atoms with Crippen molar-refractivity contribution in [2.75, 3.05) is 5.75 Å². The van der Waals surface area contributed by atoms with Crippen molar-refractivity contribution in [1.29, 1.82) is 0 Å². The van der Waals surface area contributed by atoms with Gasteiger partial charge in [0.15, 0.2) is 0 Å². The molecule has 3 atom stereocenters. The zero-order valence-corrected chi connectivity index (χ0v) is 16.4. The quantitative estimate of drug-likeness (QED) is 0.510. The maximum absolute atomic E-state index is 13.0. The lowest BCUT2D eigenvalue weighted by Crippen LogP contribution is -2.44. The molecule has 2 rings (SSSR count). The summed E-state index contributed by atoms with van der Waals surface area (Å²) in [6.07, 6.45) is -3.42. The van der Waals surface area contributed by atoms with Crippen LogP contribution in [-0.2, 0) is 29.2 Å². The fraction of sp³-hybridized carbons (Fsp3) is 0.882. The van der Waals surface area contributed by atoms with Gasteiger partial charge >= 0.3 is 18.1 Å². The van der Waals surface area contributed by atoms with E-state index in [1.807, 2.05) is 0 Å². The van der Waals surface area contributed by atoms with Crippen molar-refractivity contribution in [3.05, 3.63) is 0 Å². The topological polar surface area (TPSA) is 107 Å². The van der Waals surface area contributed by atoms with Crippen LogP contribution in [0.15, 0.2) is 0 Å². The van der Waals surface area contributed by atoms with Gasteiger partial charge in [-0.05, 0) is 45.4 Å². The van der Waals surface area contributed by atoms with E-state index in [0.717, 1.165) is 12.8 Å². The number of rotatable bonds is 6. The van der Waals surface area contributed by atoms with E-state index in [4.69, 9.17) is 9.29 Å². The third-order valence-corrected chi connectivity index (χ3v) is 6.09. The second-order valence-electron chi connectivity index (χ2n) is 7.79. The van der Waals surface area contributed by atoms with Gasteiger partial charge in [-0.25, -0.2) is 0 Å². The zero-order chi connectivity index (χ0) is 21.2. The Morgan fingerprint density at radius 2 is 1.57 bits per heavy atom. The summed E-state index contributed by atoms with van der Waals surface area (Å²) in [5.41, 5.74) is -0.636. The summed E-state index contributed by atoms with van der Waals surface area (Å²) in [5, 5.41) is 0. The molecule has 0 heterocycles. The number of carbonyl (C=O) groups excluding carboxylic acids is 2. The zero-order valence-electron chi connectivity index (χ0n) is 15.5. The largest absolute Gasteiger partial charge is 0.459 e. The molecule has 2 unspecified atom stereocenters. The van der Waals surface area contributed by atoms with Gasteiger partial charge in [0.05, 0.1) is 11.8 Å². The number of ether oxygens (including phenoxy) is 2. The molecule has 28 heavy (non-hydrogen) atoms. The standard InChI is InChI=1S/C17H25F3O7S/c1-16(8-4-5-9-16)27-15(22)12-7-3-2-6-11(12)14(21)26-13(17(18,19)20)10-28(23,24)25/h11-13H,2-10H2,1H3,(H,23,24,25)/t11?,12?,13-/m0/s1. The summed E-state index contributed by atoms with van der Waals surface area (Å²) in [6, 6.07) is 0. The van der Waals surface area contributed by atoms with Crippen LogP contribution in [0.3, 0.4) is 0 Å². The number of hydrogen-bond acceptors (Lipinski definition) is 6. The molecule has 0 radical (unpaired) electrons. The van der Waals surface area contributed by atoms with Crippen molar-refractivity contribution in [1.82, 2.24) is 0 Å². The van der Waals surface area contributed by atoms with Crippen molar-refractivity contribution in [3.63, 3.8) is 0 Å². The third kappa shape index (κ3) is 6.33. The number of carbonyl (C=O) groups is 2. The Morgan fingerprint density at radius 3 is 2.04 bits per heavy atom. The predicted octanol–water partition coefficient (Wildman–Crippen LogP) is 3.03. The van der Waals surface area contributed by atoms with E-state index in [9.17, 15) is 31.2 Å². The lowest BCUT2D eigenvalue weighted by atomic mass is 9.79. The maximum atomic E-state index is 13.0. The van der Waals surface area contributed by atoms with Crippen LogP contribution in [0.1, 0.15) is 58.3 Å². The predicted molar refractivity (Wildman–Crippen MR) is 90.8 cm³/mol. The fourth-order valence-electron chi connectivity index (χ4n) is 3.85. The van der Waals surface area contributed by atoms with E-state index >= 15 is 0 Å². The molecule has 2 aliphatic carbocycles. The molecule has 0 aromatic heterocycles. The van der Waals surface area contributed by atoms with Gasteiger partial charge in [0.2, 0.25) is 6.10 Å². The van der Waals surface area contributed by atoms with Crippen molar-refractivity contribution in [2.45, 2.75) is 76.2 Å². The van der Waals surface area contributed by atoms with Gasteiger partial charge in [0.25, 0.3) is 10.1 Å². The summed E-state index contributed by atoms with van der Waals surface area (Å²) in [5.74, 6) is -5.80. The molecule has 0 bridgehead atoms. The molecule has 2 fully saturated rings. The minimum Gasteiger partial charge on any atom is -0.459 e. The smallest absolute Gasteiger partial charge is 0.426 e. The number of esters is 2. The monoisotopic (exact) mass is 430 g/mol. The van der Waals surface area contributed by atoms with Crippen molar-refractivity contribution >= 4 is 22.1 Å². The van der Waals surface area contributed by atoms with Gasteiger partial charge in [0, 0.05) is 0 Å². The Morgan fingerprint density at radius 1 is 1.07 bits per heavy atom. The minimum absolute atomic E-state index is 0.145. The number of alkyl halides is 3. The van der Waals surface area contributed by atoms with E-state index in [2.05, 4.69) is 4.74 Å². The Kier molecular flexibility index (Phi) is 7.01. The Labute approximate surface area is 161 Å². The van der Waals surface area contributed by atoms with Crippen molar-refractivity contribution in [3.8, 4) is 0 Å². The van der Waals surface area contributed by atoms with Crippen LogP contribution in [0.2, 0.25) is 0 Å². The summed E-state index contributed by atoms with van der Waals surface area (Å²) in [4.78, 5) is 25.0. The molecule has 0 saturated heterocycles. The molecule has 7 nitrogen and oxygen atoms in total. The molecule has 0 aromatic carbocycles. The molecule has 162 valence electrons. The lowest BCUT2D eigenvalue weighted by Gasteiger charge is -2.33. The summed E-state index contributed by atoms with van der Waals surface area (Å²) in [7, 11) is -5.03. The average molecular weight is 430 g/mol. The molecule has 11 heteroatoms. The molecular weight excluding hydrogens is 405 g/mol. The van der Waals surface area contributed by atoms with E-state index in [-0.39, 0.29) is 12.8 Å². The fourth-order valence-corrected chi connectivity index (χ4v) is 4.49. The minimum atomic E-state index is -5.17. The van der Waals surface area contributed by atoms with Gasteiger partial charge in [-0.1, -0.05) is 12.8 Å². The van der Waals surface area contributed by atoms with Crippen LogP contribution < -0.4 is 0 Å². The average Bonchev–Trinajstić information content (AvgIpc) is 2.98. The van der Waals surface area contributed by atoms with Gasteiger partial charge in [-0.2, -0.15) is 21.6 Å². The first-order valence-electron chi connectivity index (χ1n) is 9.26. The third-order valence-electron chi connectivity index (χ3n) is 5.37. The highest BCUT2D eigenvalue weighted by Gasteiger charge is 2.48. The normalized spacial score (nSPS) is 26.5. The number of hydrogen-bond donors (Lipinski definition) is 1. The Balaban J connectivity index is 2.10. The van der Waals surface area contributed by atoms with Crippen LogP contribution >= 0.6 is 0 Å². The van der Waals surface area contributed by atoms with Gasteiger partial charge in [-0.3, -0.25) is 14.1 Å². The SMILES string of the molecule is CC1(OC(=O)C2CCCCC2C(=O)O[C@@H](CS(=O)(=O)O)C(F)(F)F)CCCC1. The van der Waals surface area contributed by atoms with E-state index < -0.39 is 57.5 Å². The Bertz CT molecular complexity index is 683. The molecule has 0 aliphatic heterocycles. The van der Waals surface area contributed by atoms with Gasteiger partial charge in [0.1, 0.15) is 11.4 Å². The van der Waals surface area contributed by atoms with Crippen molar-refractivity contribution < 1.29 is 45.2 Å². The molecule has 1 N–H and O–H groups in total. The van der Waals surface area contributed by atoms with Gasteiger partial charge < -0.3 is 9.47 Å². The van der Waals surface area contributed by atoms with E-state index in [1.165, 1.54) is 0 Å². The Hall–Kier alpha value is -1.36. The van der Waals surface area contributed by atoms with Crippen LogP contribution in [0.25, 0.3) is 0 Å². The van der Waals surface area contributed by atoms with E-state index in [1.54, 1.807) is 6.92 Å². The van der Waals surface area contributed by atoms with Crippen LogP contribution in [0, 0.1) is 11.8 Å². The maximum Gasteiger partial charge on any atom is 0.426 e. The number of halogens is 3. The highest BCUT2D eigenvalue weighted by Crippen LogP contribution is 2.38. The van der Waals surface area contributed by atoms with Crippen LogP contribution in [-0.4, -0.2) is 48.5 Å². The van der Waals surface area contributed by atoms with Crippen LogP contribution in [0.4, 0.5) is 13.2 Å². The molecule has 0 aromatic rings. The second kappa shape index (κ2) is 8.56. The first-order valence-corrected chi connectivity index (χ1v) is 10.9. The lowest BCUT2D eigenvalue weighted by molar-refractivity contribution is -0.219. The summed E-state index contributed by atoms with van der Waals surface area (Å²) >= 11 is 0. The molecule has 0 spiro atoms. The molecule has 2 aliphatic rings.